The van der Waals surface area contributed by atoms with Crippen LogP contribution in [0.25, 0.3) is 10.4 Å². The van der Waals surface area contributed by atoms with Crippen LogP contribution in [0.4, 0.5) is 0 Å². The molecule has 0 aliphatic carbocycles. The summed E-state index contributed by atoms with van der Waals surface area (Å²) < 4.78 is 4.79. The molecule has 1 aliphatic heterocycles. The standard InChI is InChI=1S/C23H22N2O3S/c1-28-23(27)16-8-4-7-15(11-16)21-10-9-19(29-21)12-20(24)22(26)25-13-17-5-2-3-6-18(17)14-25/h2-11,20H,12-14,24H2,1H3/t20-/m1/s1. The van der Waals surface area contributed by atoms with Gasteiger partial charge in [0.05, 0.1) is 18.7 Å². The van der Waals surface area contributed by atoms with Gasteiger partial charge in [-0.25, -0.2) is 4.79 Å². The summed E-state index contributed by atoms with van der Waals surface area (Å²) in [5.41, 5.74) is 10.1. The number of amides is 1. The van der Waals surface area contributed by atoms with E-state index in [0.29, 0.717) is 25.1 Å². The first-order chi connectivity index (χ1) is 14.0. The molecule has 1 atom stereocenters. The average Bonchev–Trinajstić information content (AvgIpc) is 3.39. The lowest BCUT2D eigenvalue weighted by atomic mass is 10.1. The highest BCUT2D eigenvalue weighted by molar-refractivity contribution is 7.15. The maximum atomic E-state index is 12.8. The molecule has 0 radical (unpaired) electrons. The summed E-state index contributed by atoms with van der Waals surface area (Å²) in [4.78, 5) is 28.4. The Morgan fingerprint density at radius 3 is 2.48 bits per heavy atom. The van der Waals surface area contributed by atoms with E-state index < -0.39 is 6.04 Å². The molecule has 2 heterocycles. The molecule has 148 valence electrons. The predicted molar refractivity (Wildman–Crippen MR) is 113 cm³/mol. The predicted octanol–water partition coefficient (Wildman–Crippen LogP) is 3.61. The van der Waals surface area contributed by atoms with E-state index in [4.69, 9.17) is 10.5 Å². The van der Waals surface area contributed by atoms with Crippen LogP contribution in [0.2, 0.25) is 0 Å². The van der Waals surface area contributed by atoms with E-state index in [-0.39, 0.29) is 11.9 Å². The molecule has 5 nitrogen and oxygen atoms in total. The van der Waals surface area contributed by atoms with Crippen molar-refractivity contribution in [2.24, 2.45) is 5.73 Å². The molecule has 2 aromatic carbocycles. The summed E-state index contributed by atoms with van der Waals surface area (Å²) in [6.07, 6.45) is 0.493. The Morgan fingerprint density at radius 1 is 1.07 bits per heavy atom. The molecule has 6 heteroatoms. The molecule has 0 saturated heterocycles. The normalized spacial score (nSPS) is 13.8. The summed E-state index contributed by atoms with van der Waals surface area (Å²) in [6.45, 7) is 1.25. The lowest BCUT2D eigenvalue weighted by Crippen LogP contribution is -2.42. The maximum Gasteiger partial charge on any atom is 0.337 e. The van der Waals surface area contributed by atoms with E-state index in [1.807, 2.05) is 47.4 Å². The third-order valence-corrected chi connectivity index (χ3v) is 6.28. The smallest absolute Gasteiger partial charge is 0.337 e. The first-order valence-corrected chi connectivity index (χ1v) is 10.3. The van der Waals surface area contributed by atoms with Crippen LogP contribution in [0.3, 0.4) is 0 Å². The lowest BCUT2D eigenvalue weighted by Gasteiger charge is -2.20. The summed E-state index contributed by atoms with van der Waals surface area (Å²) in [6, 6.07) is 18.9. The van der Waals surface area contributed by atoms with E-state index in [1.165, 1.54) is 18.2 Å². The number of nitrogens with zero attached hydrogens (tertiary/aromatic N) is 1. The Bertz CT molecular complexity index is 1030. The number of rotatable bonds is 5. The topological polar surface area (TPSA) is 72.6 Å². The molecule has 0 bridgehead atoms. The van der Waals surface area contributed by atoms with Gasteiger partial charge in [-0.1, -0.05) is 36.4 Å². The van der Waals surface area contributed by atoms with Gasteiger partial charge in [0.25, 0.3) is 0 Å². The molecule has 1 aromatic heterocycles. The van der Waals surface area contributed by atoms with Crippen molar-refractivity contribution in [1.29, 1.82) is 0 Å². The number of carbonyl (C=O) groups is 2. The average molecular weight is 407 g/mol. The first-order valence-electron chi connectivity index (χ1n) is 9.44. The van der Waals surface area contributed by atoms with Crippen molar-refractivity contribution in [1.82, 2.24) is 4.90 Å². The van der Waals surface area contributed by atoms with Crippen molar-refractivity contribution in [2.45, 2.75) is 25.6 Å². The van der Waals surface area contributed by atoms with Crippen LogP contribution in [0, 0.1) is 0 Å². The van der Waals surface area contributed by atoms with Crippen LogP contribution in [0.5, 0.6) is 0 Å². The monoisotopic (exact) mass is 406 g/mol. The van der Waals surface area contributed by atoms with Gasteiger partial charge in [0, 0.05) is 29.3 Å². The van der Waals surface area contributed by atoms with Crippen molar-refractivity contribution in [2.75, 3.05) is 7.11 Å². The fourth-order valence-corrected chi connectivity index (χ4v) is 4.65. The molecule has 3 aromatic rings. The van der Waals surface area contributed by atoms with E-state index in [0.717, 1.165) is 15.3 Å². The first kappa shape index (κ1) is 19.4. The number of nitrogens with two attached hydrogens (primary N) is 1. The van der Waals surface area contributed by atoms with Crippen molar-refractivity contribution >= 4 is 23.2 Å². The molecular weight excluding hydrogens is 384 g/mol. The third kappa shape index (κ3) is 4.09. The third-order valence-electron chi connectivity index (χ3n) is 5.12. The summed E-state index contributed by atoms with van der Waals surface area (Å²) in [5.74, 6) is -0.383. The minimum Gasteiger partial charge on any atom is -0.465 e. The Balaban J connectivity index is 1.43. The number of ether oxygens (including phenoxy) is 1. The lowest BCUT2D eigenvalue weighted by molar-refractivity contribution is -0.133. The van der Waals surface area contributed by atoms with E-state index in [9.17, 15) is 9.59 Å². The van der Waals surface area contributed by atoms with Gasteiger partial charge >= 0.3 is 5.97 Å². The zero-order valence-electron chi connectivity index (χ0n) is 16.1. The Kier molecular flexibility index (Phi) is 5.47. The summed E-state index contributed by atoms with van der Waals surface area (Å²) in [5, 5.41) is 0. The van der Waals surface area contributed by atoms with Gasteiger partial charge in [-0.15, -0.1) is 11.3 Å². The van der Waals surface area contributed by atoms with E-state index in [1.54, 1.807) is 17.4 Å². The van der Waals surface area contributed by atoms with E-state index in [2.05, 4.69) is 12.1 Å². The van der Waals surface area contributed by atoms with Gasteiger partial charge < -0.3 is 15.4 Å². The molecule has 0 fully saturated rings. The molecular formula is C23H22N2O3S. The van der Waals surface area contributed by atoms with Gasteiger partial charge in [0.1, 0.15) is 0 Å². The highest BCUT2D eigenvalue weighted by atomic mass is 32.1. The number of methoxy groups -OCH3 is 1. The molecule has 1 aliphatic rings. The quantitative estimate of drug-likeness (QED) is 0.657. The Morgan fingerprint density at radius 2 is 1.79 bits per heavy atom. The second kappa shape index (κ2) is 8.19. The summed E-state index contributed by atoms with van der Waals surface area (Å²) in [7, 11) is 1.37. The highest BCUT2D eigenvalue weighted by Gasteiger charge is 2.27. The Hall–Kier alpha value is -2.96. The fourth-order valence-electron chi connectivity index (χ4n) is 3.59. The van der Waals surface area contributed by atoms with Crippen LogP contribution in [-0.2, 0) is 29.0 Å². The van der Waals surface area contributed by atoms with Crippen molar-refractivity contribution < 1.29 is 14.3 Å². The molecule has 29 heavy (non-hydrogen) atoms. The van der Waals surface area contributed by atoms with Crippen molar-refractivity contribution in [3.63, 3.8) is 0 Å². The minimum absolute atomic E-state index is 0.0242. The number of hydrogen-bond donors (Lipinski definition) is 1. The second-order valence-electron chi connectivity index (χ2n) is 7.11. The van der Waals surface area contributed by atoms with Gasteiger partial charge in [0.2, 0.25) is 5.91 Å². The summed E-state index contributed by atoms with van der Waals surface area (Å²) >= 11 is 1.59. The van der Waals surface area contributed by atoms with Crippen molar-refractivity contribution in [3.8, 4) is 10.4 Å². The van der Waals surface area contributed by atoms with Crippen LogP contribution < -0.4 is 5.73 Å². The van der Waals surface area contributed by atoms with E-state index >= 15 is 0 Å². The number of thiophene rings is 1. The number of fused-ring (bicyclic) bond motifs is 1. The largest absolute Gasteiger partial charge is 0.465 e. The number of carbonyl (C=O) groups excluding carboxylic acids is 2. The molecule has 4 rings (SSSR count). The molecule has 2 N–H and O–H groups in total. The van der Waals surface area contributed by atoms with Gasteiger partial charge in [-0.2, -0.15) is 0 Å². The second-order valence-corrected chi connectivity index (χ2v) is 8.28. The van der Waals surface area contributed by atoms with Crippen LogP contribution in [0.1, 0.15) is 26.4 Å². The number of benzene rings is 2. The minimum atomic E-state index is -0.572. The van der Waals surface area contributed by atoms with Crippen LogP contribution in [0.15, 0.2) is 60.7 Å². The van der Waals surface area contributed by atoms with Crippen LogP contribution in [-0.4, -0.2) is 29.9 Å². The van der Waals surface area contributed by atoms with Gasteiger partial charge in [0.15, 0.2) is 0 Å². The molecule has 0 saturated carbocycles. The van der Waals surface area contributed by atoms with Crippen LogP contribution >= 0.6 is 11.3 Å². The number of esters is 1. The SMILES string of the molecule is COC(=O)c1cccc(-c2ccc(C[C@@H](N)C(=O)N3Cc4ccccc4C3)s2)c1. The Labute approximate surface area is 173 Å². The van der Waals surface area contributed by atoms with Gasteiger partial charge in [-0.3, -0.25) is 4.79 Å². The zero-order valence-corrected chi connectivity index (χ0v) is 16.9. The highest BCUT2D eigenvalue weighted by Crippen LogP contribution is 2.30. The number of hydrogen-bond acceptors (Lipinski definition) is 5. The molecule has 0 unspecified atom stereocenters. The molecule has 0 spiro atoms. The van der Waals surface area contributed by atoms with Crippen molar-refractivity contribution in [3.05, 3.63) is 82.2 Å². The maximum absolute atomic E-state index is 12.8. The molecule has 1 amide bonds. The fraction of sp³-hybridized carbons (Fsp3) is 0.217. The zero-order chi connectivity index (χ0) is 20.4. The van der Waals surface area contributed by atoms with Gasteiger partial charge in [-0.05, 0) is 41.0 Å².